The van der Waals surface area contributed by atoms with Crippen LogP contribution in [0, 0.1) is 23.2 Å². The standard InChI is InChI=1S/C18H26O7/c1-2-17(16(22)23)6-5-12(19)9-13(17)14-10-24-25-18(14)7-3-11(4-8-18)15(20)21/h11,13-14H,2-10H2,1H3,(H,20,21)(H,22,23). The van der Waals surface area contributed by atoms with Crippen LogP contribution in [-0.2, 0) is 24.2 Å². The van der Waals surface area contributed by atoms with Gasteiger partial charge in [0.2, 0.25) is 0 Å². The van der Waals surface area contributed by atoms with Crippen molar-refractivity contribution < 1.29 is 34.4 Å². The van der Waals surface area contributed by atoms with Gasteiger partial charge in [0.1, 0.15) is 11.4 Å². The lowest BCUT2D eigenvalue weighted by atomic mass is 9.55. The summed E-state index contributed by atoms with van der Waals surface area (Å²) in [5.74, 6) is -2.47. The molecule has 0 aromatic heterocycles. The first kappa shape index (κ1) is 18.3. The van der Waals surface area contributed by atoms with Crippen LogP contribution in [0.15, 0.2) is 0 Å². The minimum Gasteiger partial charge on any atom is -0.481 e. The summed E-state index contributed by atoms with van der Waals surface area (Å²) in [7, 11) is 0. The number of carboxylic acid groups (broad SMARTS) is 2. The third-order valence-electron chi connectivity index (χ3n) is 6.88. The molecule has 0 amide bonds. The van der Waals surface area contributed by atoms with Gasteiger partial charge in [-0.15, -0.1) is 0 Å². The van der Waals surface area contributed by atoms with Gasteiger partial charge in [0.25, 0.3) is 0 Å². The molecule has 0 aromatic rings. The van der Waals surface area contributed by atoms with Crippen LogP contribution in [0.2, 0.25) is 0 Å². The predicted octanol–water partition coefficient (Wildman–Crippen LogP) is 2.43. The zero-order chi connectivity index (χ0) is 18.2. The number of hydrogen-bond donors (Lipinski definition) is 2. The Hall–Kier alpha value is -1.47. The third-order valence-corrected chi connectivity index (χ3v) is 6.88. The Labute approximate surface area is 146 Å². The number of carboxylic acids is 2. The molecule has 3 fully saturated rings. The highest BCUT2D eigenvalue weighted by molar-refractivity contribution is 5.84. The Kier molecular flexibility index (Phi) is 4.90. The molecule has 7 heteroatoms. The predicted molar refractivity (Wildman–Crippen MR) is 85.6 cm³/mol. The van der Waals surface area contributed by atoms with Crippen LogP contribution in [0.25, 0.3) is 0 Å². The molecule has 2 N–H and O–H groups in total. The molecule has 0 radical (unpaired) electrons. The maximum absolute atomic E-state index is 12.1. The van der Waals surface area contributed by atoms with Crippen molar-refractivity contribution in [2.45, 2.75) is 63.9 Å². The van der Waals surface area contributed by atoms with Gasteiger partial charge < -0.3 is 10.2 Å². The molecule has 25 heavy (non-hydrogen) atoms. The van der Waals surface area contributed by atoms with Crippen LogP contribution >= 0.6 is 0 Å². The normalized spacial score (nSPS) is 41.8. The first-order valence-corrected chi connectivity index (χ1v) is 9.13. The summed E-state index contributed by atoms with van der Waals surface area (Å²) in [6, 6.07) is 0. The van der Waals surface area contributed by atoms with Crippen LogP contribution < -0.4 is 0 Å². The topological polar surface area (TPSA) is 110 Å². The van der Waals surface area contributed by atoms with E-state index in [1.807, 2.05) is 6.92 Å². The van der Waals surface area contributed by atoms with Gasteiger partial charge in [-0.25, -0.2) is 9.78 Å². The molecule has 3 unspecified atom stereocenters. The second-order valence-electron chi connectivity index (χ2n) is 7.82. The van der Waals surface area contributed by atoms with Gasteiger partial charge in [-0.05, 0) is 44.4 Å². The molecule has 1 spiro atoms. The number of carbonyl (C=O) groups is 3. The van der Waals surface area contributed by atoms with E-state index in [-0.39, 0.29) is 36.6 Å². The second-order valence-corrected chi connectivity index (χ2v) is 7.82. The number of aliphatic carboxylic acids is 2. The number of hydrogen-bond acceptors (Lipinski definition) is 5. The van der Waals surface area contributed by atoms with E-state index in [0.29, 0.717) is 44.9 Å². The average molecular weight is 354 g/mol. The molecule has 140 valence electrons. The molecular formula is C18H26O7. The van der Waals surface area contributed by atoms with E-state index < -0.39 is 23.0 Å². The van der Waals surface area contributed by atoms with Crippen LogP contribution in [0.1, 0.15) is 58.3 Å². The van der Waals surface area contributed by atoms with E-state index in [1.54, 1.807) is 0 Å². The monoisotopic (exact) mass is 354 g/mol. The van der Waals surface area contributed by atoms with E-state index in [4.69, 9.17) is 9.78 Å². The van der Waals surface area contributed by atoms with E-state index in [2.05, 4.69) is 0 Å². The Morgan fingerprint density at radius 2 is 1.84 bits per heavy atom. The zero-order valence-corrected chi connectivity index (χ0v) is 14.5. The lowest BCUT2D eigenvalue weighted by Gasteiger charge is -2.47. The lowest BCUT2D eigenvalue weighted by molar-refractivity contribution is -0.318. The third kappa shape index (κ3) is 2.97. The smallest absolute Gasteiger partial charge is 0.309 e. The summed E-state index contributed by atoms with van der Waals surface area (Å²) in [5.41, 5.74) is -1.60. The number of Topliss-reactive ketones (excluding diaryl/α,β-unsaturated/α-hetero) is 1. The van der Waals surface area contributed by atoms with Gasteiger partial charge in [0.05, 0.1) is 17.9 Å². The Morgan fingerprint density at radius 1 is 1.16 bits per heavy atom. The summed E-state index contributed by atoms with van der Waals surface area (Å²) in [6.07, 6.45) is 3.39. The van der Waals surface area contributed by atoms with E-state index in [0.717, 1.165) is 0 Å². The maximum atomic E-state index is 12.1. The summed E-state index contributed by atoms with van der Waals surface area (Å²) >= 11 is 0. The molecule has 3 rings (SSSR count). The fourth-order valence-corrected chi connectivity index (χ4v) is 5.20. The van der Waals surface area contributed by atoms with Crippen LogP contribution in [0.4, 0.5) is 0 Å². The largest absolute Gasteiger partial charge is 0.481 e. The number of carbonyl (C=O) groups excluding carboxylic acids is 1. The van der Waals surface area contributed by atoms with Crippen molar-refractivity contribution in [2.75, 3.05) is 6.61 Å². The van der Waals surface area contributed by atoms with Crippen molar-refractivity contribution in [1.82, 2.24) is 0 Å². The Morgan fingerprint density at radius 3 is 2.40 bits per heavy atom. The quantitative estimate of drug-likeness (QED) is 0.746. The van der Waals surface area contributed by atoms with Crippen molar-refractivity contribution >= 4 is 17.7 Å². The summed E-state index contributed by atoms with van der Waals surface area (Å²) in [5, 5.41) is 19.2. The fraction of sp³-hybridized carbons (Fsp3) is 0.833. The summed E-state index contributed by atoms with van der Waals surface area (Å²) in [4.78, 5) is 46.4. The summed E-state index contributed by atoms with van der Waals surface area (Å²) in [6.45, 7) is 2.13. The highest BCUT2D eigenvalue weighted by Gasteiger charge is 2.59. The van der Waals surface area contributed by atoms with Crippen LogP contribution in [0.5, 0.6) is 0 Å². The highest BCUT2D eigenvalue weighted by atomic mass is 17.2. The fourth-order valence-electron chi connectivity index (χ4n) is 5.20. The van der Waals surface area contributed by atoms with E-state index >= 15 is 0 Å². The average Bonchev–Trinajstić information content (AvgIpc) is 2.98. The van der Waals surface area contributed by atoms with Gasteiger partial charge in [0.15, 0.2) is 0 Å². The molecule has 3 atom stereocenters. The minimum absolute atomic E-state index is 0.0941. The Balaban J connectivity index is 1.88. The Bertz CT molecular complexity index is 564. The van der Waals surface area contributed by atoms with Gasteiger partial charge in [-0.2, -0.15) is 0 Å². The molecular weight excluding hydrogens is 328 g/mol. The van der Waals surface area contributed by atoms with E-state index in [9.17, 15) is 24.6 Å². The lowest BCUT2D eigenvalue weighted by Crippen LogP contribution is -2.53. The molecule has 1 saturated heterocycles. The molecule has 0 aromatic carbocycles. The summed E-state index contributed by atoms with van der Waals surface area (Å²) < 4.78 is 0. The van der Waals surface area contributed by atoms with Crippen LogP contribution in [-0.4, -0.2) is 40.1 Å². The van der Waals surface area contributed by atoms with Crippen molar-refractivity contribution in [3.8, 4) is 0 Å². The van der Waals surface area contributed by atoms with Gasteiger partial charge in [-0.1, -0.05) is 6.92 Å². The van der Waals surface area contributed by atoms with Crippen molar-refractivity contribution in [1.29, 1.82) is 0 Å². The van der Waals surface area contributed by atoms with Crippen LogP contribution in [0.3, 0.4) is 0 Å². The molecule has 3 aliphatic rings. The molecule has 0 bridgehead atoms. The molecule has 7 nitrogen and oxygen atoms in total. The zero-order valence-electron chi connectivity index (χ0n) is 14.5. The number of rotatable bonds is 4. The molecule has 2 aliphatic carbocycles. The molecule has 2 saturated carbocycles. The van der Waals surface area contributed by atoms with Gasteiger partial charge in [0, 0.05) is 18.8 Å². The first-order chi connectivity index (χ1) is 11.8. The van der Waals surface area contributed by atoms with Crippen molar-refractivity contribution in [3.05, 3.63) is 0 Å². The highest BCUT2D eigenvalue weighted by Crippen LogP contribution is 2.55. The maximum Gasteiger partial charge on any atom is 0.309 e. The second kappa shape index (κ2) is 6.68. The van der Waals surface area contributed by atoms with Crippen molar-refractivity contribution in [3.63, 3.8) is 0 Å². The minimum atomic E-state index is -0.938. The first-order valence-electron chi connectivity index (χ1n) is 9.13. The SMILES string of the molecule is CCC1(C(=O)O)CCC(=O)CC1C1COOC12CCC(C(=O)O)CC2. The van der Waals surface area contributed by atoms with E-state index in [1.165, 1.54) is 0 Å². The molecule has 1 heterocycles. The number of ketones is 1. The van der Waals surface area contributed by atoms with Gasteiger partial charge >= 0.3 is 11.9 Å². The molecule has 1 aliphatic heterocycles. The van der Waals surface area contributed by atoms with Gasteiger partial charge in [-0.3, -0.25) is 14.4 Å². The van der Waals surface area contributed by atoms with Crippen molar-refractivity contribution in [2.24, 2.45) is 23.2 Å².